The molecule has 7 heteroatoms. The lowest BCUT2D eigenvalue weighted by Crippen LogP contribution is -2.04. The van der Waals surface area contributed by atoms with E-state index < -0.39 is 22.5 Å². The van der Waals surface area contributed by atoms with Gasteiger partial charge in [-0.25, -0.2) is 4.98 Å². The third-order valence-electron chi connectivity index (χ3n) is 3.44. The molecule has 3 rings (SSSR count). The van der Waals surface area contributed by atoms with Gasteiger partial charge in [-0.1, -0.05) is 12.1 Å². The largest absolute Gasteiger partial charge is 0.416 e. The molecule has 0 amide bonds. The van der Waals surface area contributed by atoms with Crippen LogP contribution < -0.4 is 0 Å². The van der Waals surface area contributed by atoms with Gasteiger partial charge in [0, 0.05) is 27.5 Å². The topological polar surface area (TPSA) is 30.0 Å². The Morgan fingerprint density at radius 3 is 2.50 bits per heavy atom. The highest BCUT2D eigenvalue weighted by molar-refractivity contribution is 7.84. The molecule has 1 aliphatic carbocycles. The molecule has 2 nitrogen and oxygen atoms in total. The second kappa shape index (κ2) is 6.12. The Balaban J connectivity index is 1.68. The molecule has 118 valence electrons. The number of benzene rings is 1. The Bertz CT molecular complexity index is 675. The summed E-state index contributed by atoms with van der Waals surface area (Å²) >= 11 is 1.37. The Morgan fingerprint density at radius 2 is 1.91 bits per heavy atom. The summed E-state index contributed by atoms with van der Waals surface area (Å²) in [4.78, 5) is 4.38. The van der Waals surface area contributed by atoms with E-state index in [9.17, 15) is 17.4 Å². The molecular formula is C15H14F3NOS2. The van der Waals surface area contributed by atoms with E-state index in [0.717, 1.165) is 23.6 Å². The number of nitrogens with zero attached hydrogens (tertiary/aromatic N) is 1. The third-order valence-corrected chi connectivity index (χ3v) is 5.84. The second-order valence-corrected chi connectivity index (χ2v) is 7.77. The predicted molar refractivity (Wildman–Crippen MR) is 82.0 cm³/mol. The van der Waals surface area contributed by atoms with Crippen LogP contribution in [-0.4, -0.2) is 14.9 Å². The van der Waals surface area contributed by atoms with E-state index in [0.29, 0.717) is 22.2 Å². The van der Waals surface area contributed by atoms with Gasteiger partial charge in [-0.05, 0) is 30.9 Å². The van der Waals surface area contributed by atoms with Crippen molar-refractivity contribution in [2.45, 2.75) is 24.8 Å². The second-order valence-electron chi connectivity index (χ2n) is 5.41. The van der Waals surface area contributed by atoms with Crippen LogP contribution in [0.3, 0.4) is 0 Å². The molecule has 22 heavy (non-hydrogen) atoms. The number of hydrogen-bond donors (Lipinski definition) is 0. The maximum atomic E-state index is 12.5. The van der Waals surface area contributed by atoms with Gasteiger partial charge in [-0.15, -0.1) is 11.3 Å². The first-order chi connectivity index (χ1) is 10.4. The van der Waals surface area contributed by atoms with Crippen molar-refractivity contribution in [1.29, 1.82) is 0 Å². The first-order valence-corrected chi connectivity index (χ1v) is 9.25. The maximum absolute atomic E-state index is 12.5. The lowest BCUT2D eigenvalue weighted by atomic mass is 10.1. The van der Waals surface area contributed by atoms with Crippen LogP contribution in [0.4, 0.5) is 13.2 Å². The molecular weight excluding hydrogens is 331 g/mol. The van der Waals surface area contributed by atoms with Crippen LogP contribution >= 0.6 is 11.3 Å². The summed E-state index contributed by atoms with van der Waals surface area (Å²) in [5, 5.41) is 2.49. The summed E-state index contributed by atoms with van der Waals surface area (Å²) < 4.78 is 49.5. The zero-order valence-electron chi connectivity index (χ0n) is 11.6. The fourth-order valence-electron chi connectivity index (χ4n) is 2.08. The number of thiazole rings is 1. The van der Waals surface area contributed by atoms with Crippen molar-refractivity contribution in [3.63, 3.8) is 0 Å². The molecule has 1 saturated carbocycles. The van der Waals surface area contributed by atoms with E-state index in [1.54, 1.807) is 0 Å². The molecule has 0 radical (unpaired) electrons. The van der Waals surface area contributed by atoms with Crippen LogP contribution in [0, 0.1) is 5.92 Å². The molecule has 0 N–H and O–H groups in total. The summed E-state index contributed by atoms with van der Waals surface area (Å²) in [6.45, 7) is 0. The fraction of sp³-hybridized carbons (Fsp3) is 0.400. The minimum atomic E-state index is -4.33. The number of hydrogen-bond acceptors (Lipinski definition) is 3. The summed E-state index contributed by atoms with van der Waals surface area (Å²) in [7, 11) is -0.902. The zero-order valence-corrected chi connectivity index (χ0v) is 13.2. The zero-order chi connectivity index (χ0) is 15.7. The van der Waals surface area contributed by atoms with Gasteiger partial charge in [0.15, 0.2) is 0 Å². The predicted octanol–water partition coefficient (Wildman–Crippen LogP) is 4.49. The van der Waals surface area contributed by atoms with Gasteiger partial charge < -0.3 is 0 Å². The van der Waals surface area contributed by atoms with E-state index >= 15 is 0 Å². The maximum Gasteiger partial charge on any atom is 0.416 e. The third kappa shape index (κ3) is 3.95. The highest BCUT2D eigenvalue weighted by atomic mass is 32.2. The monoisotopic (exact) mass is 345 g/mol. The van der Waals surface area contributed by atoms with Crippen molar-refractivity contribution in [2.75, 3.05) is 5.75 Å². The quantitative estimate of drug-likeness (QED) is 0.799. The average Bonchev–Trinajstić information content (AvgIpc) is 3.14. The minimum Gasteiger partial charge on any atom is -0.259 e. The van der Waals surface area contributed by atoms with Crippen molar-refractivity contribution in [3.05, 3.63) is 40.9 Å². The summed E-state index contributed by atoms with van der Waals surface area (Å²) in [5.74, 6) is 1.76. The van der Waals surface area contributed by atoms with Crippen molar-refractivity contribution < 1.29 is 17.4 Å². The Labute approximate surface area is 132 Å². The molecule has 0 unspecified atom stereocenters. The molecule has 1 aromatic heterocycles. The summed E-state index contributed by atoms with van der Waals surface area (Å²) in [5.41, 5.74) is 0.731. The molecule has 2 aromatic rings. The smallest absolute Gasteiger partial charge is 0.259 e. The van der Waals surface area contributed by atoms with Crippen molar-refractivity contribution >= 4 is 22.1 Å². The molecule has 0 bridgehead atoms. The van der Waals surface area contributed by atoms with E-state index in [2.05, 4.69) is 4.98 Å². The van der Waals surface area contributed by atoms with Gasteiger partial charge in [0.1, 0.15) is 5.01 Å². The molecule has 1 aromatic carbocycles. The van der Waals surface area contributed by atoms with Gasteiger partial charge in [0.05, 0.1) is 17.0 Å². The molecule has 1 fully saturated rings. The first-order valence-electron chi connectivity index (χ1n) is 6.89. The van der Waals surface area contributed by atoms with E-state index in [4.69, 9.17) is 0 Å². The van der Waals surface area contributed by atoms with Crippen LogP contribution in [0.1, 0.15) is 24.1 Å². The average molecular weight is 345 g/mol. The van der Waals surface area contributed by atoms with Crippen LogP contribution in [0.5, 0.6) is 0 Å². The molecule has 1 atom stereocenters. The van der Waals surface area contributed by atoms with Gasteiger partial charge in [0.25, 0.3) is 0 Å². The molecule has 1 heterocycles. The lowest BCUT2D eigenvalue weighted by Gasteiger charge is -2.06. The highest BCUT2D eigenvalue weighted by Gasteiger charge is 2.30. The van der Waals surface area contributed by atoms with E-state index in [-0.39, 0.29) is 0 Å². The molecule has 0 spiro atoms. The van der Waals surface area contributed by atoms with Crippen LogP contribution in [0.25, 0.3) is 10.6 Å². The van der Waals surface area contributed by atoms with Gasteiger partial charge >= 0.3 is 6.18 Å². The van der Waals surface area contributed by atoms with Crippen molar-refractivity contribution in [3.8, 4) is 10.6 Å². The number of rotatable bonds is 5. The van der Waals surface area contributed by atoms with Crippen molar-refractivity contribution in [1.82, 2.24) is 4.98 Å². The lowest BCUT2D eigenvalue weighted by molar-refractivity contribution is -0.137. The Hall–Kier alpha value is -1.21. The van der Waals surface area contributed by atoms with Gasteiger partial charge in [-0.3, -0.25) is 4.21 Å². The fourth-order valence-corrected chi connectivity index (χ4v) is 4.46. The minimum absolute atomic E-state index is 0.424. The van der Waals surface area contributed by atoms with Crippen LogP contribution in [-0.2, 0) is 22.7 Å². The number of halogens is 3. The molecule has 0 aliphatic heterocycles. The van der Waals surface area contributed by atoms with Gasteiger partial charge in [-0.2, -0.15) is 13.2 Å². The molecule has 0 saturated heterocycles. The Morgan fingerprint density at radius 1 is 1.23 bits per heavy atom. The van der Waals surface area contributed by atoms with E-state index in [1.165, 1.54) is 36.3 Å². The molecule has 1 aliphatic rings. The van der Waals surface area contributed by atoms with Crippen LogP contribution in [0.2, 0.25) is 0 Å². The van der Waals surface area contributed by atoms with Gasteiger partial charge in [0.2, 0.25) is 0 Å². The highest BCUT2D eigenvalue weighted by Crippen LogP contribution is 2.32. The standard InChI is InChI=1S/C15H14F3NOS2/c16-15(17,18)12-5-3-11(4-6-12)14-19-13(7-21-14)9-22(20)8-10-1-2-10/h3-7,10H,1-2,8-9H2/t22-/m1/s1. The summed E-state index contributed by atoms with van der Waals surface area (Å²) in [6.07, 6.45) is -1.99. The number of aromatic nitrogens is 1. The van der Waals surface area contributed by atoms with E-state index in [1.807, 2.05) is 5.38 Å². The Kier molecular flexibility index (Phi) is 4.36. The first kappa shape index (κ1) is 15.7. The van der Waals surface area contributed by atoms with Crippen molar-refractivity contribution in [2.24, 2.45) is 5.92 Å². The summed E-state index contributed by atoms with van der Waals surface area (Å²) in [6, 6.07) is 4.96. The van der Waals surface area contributed by atoms with Crippen LogP contribution in [0.15, 0.2) is 29.6 Å². The SMILES string of the molecule is O=[S@@](Cc1csc(-c2ccc(C(F)(F)F)cc2)n1)CC1CC1. The number of alkyl halides is 3. The normalized spacial score (nSPS) is 16.7.